The number of nitrogens with one attached hydrogen (secondary N) is 2. The fourth-order valence-electron chi connectivity index (χ4n) is 5.17. The summed E-state index contributed by atoms with van der Waals surface area (Å²) in [5.74, 6) is 0.587. The normalized spacial score (nSPS) is 16.0. The van der Waals surface area contributed by atoms with Crippen molar-refractivity contribution in [1.29, 1.82) is 0 Å². The van der Waals surface area contributed by atoms with E-state index in [-0.39, 0.29) is 17.6 Å². The molecule has 0 unspecified atom stereocenters. The monoisotopic (exact) mass is 563 g/mol. The number of benzene rings is 1. The standard InChI is InChI=1S/C30H38FN5O.2C2H6/c1-20(16-27-21(2)33-13-10-25(27)24-7-9-29(32-3)34-18-24)19-36-14-11-22(12-15-36)26-8-6-23(17-28(26)31)30(37)35(4)5;2*1-2/h6-10,16-18,22,33H,11-15,19H2,1-5H3,(H,32,34);2*1-2H3/b20-16+;;. The molecule has 41 heavy (non-hydrogen) atoms. The average molecular weight is 564 g/mol. The van der Waals surface area contributed by atoms with Gasteiger partial charge in [-0.25, -0.2) is 9.37 Å². The van der Waals surface area contributed by atoms with Gasteiger partial charge in [-0.15, -0.1) is 0 Å². The van der Waals surface area contributed by atoms with Gasteiger partial charge in [0.2, 0.25) is 0 Å². The first-order chi connectivity index (χ1) is 19.8. The lowest BCUT2D eigenvalue weighted by molar-refractivity contribution is 0.0827. The van der Waals surface area contributed by atoms with Crippen molar-refractivity contribution in [3.8, 4) is 0 Å². The minimum atomic E-state index is -0.272. The number of rotatable bonds is 7. The number of anilines is 1. The first-order valence-corrected chi connectivity index (χ1v) is 15.0. The third kappa shape index (κ3) is 9.02. The van der Waals surface area contributed by atoms with Crippen molar-refractivity contribution in [2.45, 2.75) is 60.3 Å². The SMILES string of the molecule is CC.CC.CNc1ccc(C2=CCNC(C)=C2/C=C(\C)CN2CCC(c3ccc(C(=O)N(C)C)cc3F)CC2)cn1. The predicted molar refractivity (Wildman–Crippen MR) is 172 cm³/mol. The highest BCUT2D eigenvalue weighted by atomic mass is 19.1. The van der Waals surface area contributed by atoms with Gasteiger partial charge in [0.05, 0.1) is 0 Å². The number of likely N-dealkylation sites (tertiary alicyclic amines) is 1. The van der Waals surface area contributed by atoms with Crippen molar-refractivity contribution in [2.75, 3.05) is 52.6 Å². The summed E-state index contributed by atoms with van der Waals surface area (Å²) in [5, 5.41) is 6.54. The number of aromatic nitrogens is 1. The highest BCUT2D eigenvalue weighted by molar-refractivity contribution is 5.94. The number of pyridine rings is 1. The Labute approximate surface area is 247 Å². The quantitative estimate of drug-likeness (QED) is 0.376. The van der Waals surface area contributed by atoms with Gasteiger partial charge in [0.1, 0.15) is 11.6 Å². The van der Waals surface area contributed by atoms with Gasteiger partial charge in [-0.05, 0) is 81.1 Å². The molecule has 1 fully saturated rings. The van der Waals surface area contributed by atoms with Crippen LogP contribution in [-0.2, 0) is 0 Å². The molecule has 6 nitrogen and oxygen atoms in total. The molecule has 224 valence electrons. The van der Waals surface area contributed by atoms with Crippen molar-refractivity contribution in [2.24, 2.45) is 0 Å². The number of halogens is 1. The van der Waals surface area contributed by atoms with E-state index in [1.807, 2.05) is 47.0 Å². The smallest absolute Gasteiger partial charge is 0.253 e. The van der Waals surface area contributed by atoms with E-state index in [1.54, 1.807) is 26.2 Å². The summed E-state index contributed by atoms with van der Waals surface area (Å²) in [5.41, 5.74) is 7.10. The van der Waals surface area contributed by atoms with Crippen molar-refractivity contribution < 1.29 is 9.18 Å². The Morgan fingerprint density at radius 1 is 1.15 bits per heavy atom. The van der Waals surface area contributed by atoms with Crippen LogP contribution in [0.5, 0.6) is 0 Å². The summed E-state index contributed by atoms with van der Waals surface area (Å²) in [4.78, 5) is 20.6. The second kappa shape index (κ2) is 16.7. The van der Waals surface area contributed by atoms with Crippen LogP contribution in [0.15, 0.2) is 65.5 Å². The molecule has 7 heteroatoms. The fraction of sp³-hybridized carbons (Fsp3) is 0.471. The van der Waals surface area contributed by atoms with E-state index in [9.17, 15) is 9.18 Å². The van der Waals surface area contributed by atoms with Gasteiger partial charge >= 0.3 is 0 Å². The van der Waals surface area contributed by atoms with E-state index < -0.39 is 0 Å². The molecule has 4 rings (SSSR count). The molecule has 3 heterocycles. The molecule has 0 aliphatic carbocycles. The van der Waals surface area contributed by atoms with E-state index >= 15 is 0 Å². The van der Waals surface area contributed by atoms with Crippen LogP contribution in [0.4, 0.5) is 10.2 Å². The van der Waals surface area contributed by atoms with E-state index in [0.717, 1.165) is 56.0 Å². The molecule has 2 aromatic rings. The Bertz CT molecular complexity index is 1220. The summed E-state index contributed by atoms with van der Waals surface area (Å²) in [7, 11) is 5.23. The number of hydrogen-bond donors (Lipinski definition) is 2. The molecule has 2 aliphatic rings. The molecular formula is C34H50FN5O. The number of hydrogen-bond acceptors (Lipinski definition) is 5. The second-order valence-corrected chi connectivity index (χ2v) is 10.2. The summed E-state index contributed by atoms with van der Waals surface area (Å²) < 4.78 is 14.9. The maximum absolute atomic E-state index is 14.9. The van der Waals surface area contributed by atoms with Gasteiger partial charge in [-0.3, -0.25) is 9.69 Å². The Kier molecular flexibility index (Phi) is 13.8. The van der Waals surface area contributed by atoms with Crippen LogP contribution in [0.1, 0.15) is 81.8 Å². The molecule has 0 bridgehead atoms. The maximum atomic E-state index is 14.9. The van der Waals surface area contributed by atoms with Crippen LogP contribution in [0.3, 0.4) is 0 Å². The lowest BCUT2D eigenvalue weighted by Gasteiger charge is -2.32. The number of allylic oxidation sites excluding steroid dienone is 4. The van der Waals surface area contributed by atoms with Crippen LogP contribution in [0.25, 0.3) is 5.57 Å². The number of piperidine rings is 1. The van der Waals surface area contributed by atoms with Gasteiger partial charge in [0.25, 0.3) is 5.91 Å². The Morgan fingerprint density at radius 2 is 1.83 bits per heavy atom. The molecule has 2 aliphatic heterocycles. The maximum Gasteiger partial charge on any atom is 0.253 e. The van der Waals surface area contributed by atoms with Crippen LogP contribution in [0, 0.1) is 5.82 Å². The molecule has 1 amide bonds. The lowest BCUT2D eigenvalue weighted by Crippen LogP contribution is -2.34. The molecule has 0 saturated carbocycles. The highest BCUT2D eigenvalue weighted by Gasteiger charge is 2.24. The molecule has 0 atom stereocenters. The number of carbonyl (C=O) groups is 1. The number of carbonyl (C=O) groups excluding carboxylic acids is 1. The first-order valence-electron chi connectivity index (χ1n) is 15.0. The molecular weight excluding hydrogens is 513 g/mol. The van der Waals surface area contributed by atoms with Gasteiger partial charge in [-0.2, -0.15) is 0 Å². The van der Waals surface area contributed by atoms with Gasteiger partial charge in [-0.1, -0.05) is 51.5 Å². The van der Waals surface area contributed by atoms with E-state index in [2.05, 4.69) is 52.6 Å². The van der Waals surface area contributed by atoms with E-state index in [0.29, 0.717) is 5.56 Å². The van der Waals surface area contributed by atoms with Crippen LogP contribution >= 0.6 is 0 Å². The largest absolute Gasteiger partial charge is 0.385 e. The summed E-state index contributed by atoms with van der Waals surface area (Å²) in [6.45, 7) is 15.8. The number of amides is 1. The van der Waals surface area contributed by atoms with E-state index in [4.69, 9.17) is 0 Å². The average Bonchev–Trinajstić information content (AvgIpc) is 3.00. The van der Waals surface area contributed by atoms with Crippen LogP contribution in [-0.4, -0.2) is 68.0 Å². The van der Waals surface area contributed by atoms with Crippen LogP contribution in [0.2, 0.25) is 0 Å². The zero-order valence-corrected chi connectivity index (χ0v) is 26.6. The Morgan fingerprint density at radius 3 is 2.39 bits per heavy atom. The van der Waals surface area contributed by atoms with Crippen molar-refractivity contribution >= 4 is 17.3 Å². The van der Waals surface area contributed by atoms with Gasteiger partial charge < -0.3 is 15.5 Å². The highest BCUT2D eigenvalue weighted by Crippen LogP contribution is 2.32. The van der Waals surface area contributed by atoms with E-state index in [1.165, 1.54) is 33.4 Å². The molecule has 2 N–H and O–H groups in total. The zero-order valence-electron chi connectivity index (χ0n) is 26.6. The Balaban J connectivity index is 0.00000141. The Hall–Kier alpha value is -3.45. The fourth-order valence-corrected chi connectivity index (χ4v) is 5.17. The van der Waals surface area contributed by atoms with Crippen molar-refractivity contribution in [1.82, 2.24) is 20.1 Å². The summed E-state index contributed by atoms with van der Waals surface area (Å²) in [6.07, 6.45) is 8.24. The topological polar surface area (TPSA) is 60.5 Å². The summed E-state index contributed by atoms with van der Waals surface area (Å²) in [6, 6.07) is 9.05. The van der Waals surface area contributed by atoms with Gasteiger partial charge in [0, 0.05) is 62.8 Å². The van der Waals surface area contributed by atoms with Crippen molar-refractivity contribution in [3.05, 3.63) is 88.0 Å². The van der Waals surface area contributed by atoms with Crippen molar-refractivity contribution in [3.63, 3.8) is 0 Å². The molecule has 1 saturated heterocycles. The first kappa shape index (κ1) is 33.8. The second-order valence-electron chi connectivity index (χ2n) is 10.2. The minimum absolute atomic E-state index is 0.176. The van der Waals surface area contributed by atoms with Gasteiger partial charge in [0.15, 0.2) is 0 Å². The van der Waals surface area contributed by atoms with Crippen LogP contribution < -0.4 is 10.6 Å². The molecule has 1 aromatic heterocycles. The number of nitrogens with zero attached hydrogens (tertiary/aromatic N) is 3. The summed E-state index contributed by atoms with van der Waals surface area (Å²) >= 11 is 0. The number of dihydropyridines is 1. The minimum Gasteiger partial charge on any atom is -0.385 e. The zero-order chi connectivity index (χ0) is 30.5. The third-order valence-corrected chi connectivity index (χ3v) is 7.24. The lowest BCUT2D eigenvalue weighted by atomic mass is 9.88. The molecule has 0 spiro atoms. The third-order valence-electron chi connectivity index (χ3n) is 7.24. The molecule has 1 aromatic carbocycles. The predicted octanol–water partition coefficient (Wildman–Crippen LogP) is 7.10. The molecule has 0 radical (unpaired) electrons.